The van der Waals surface area contributed by atoms with Crippen molar-refractivity contribution in [3.63, 3.8) is 0 Å². The third-order valence-corrected chi connectivity index (χ3v) is 3.87. The average molecular weight is 293 g/mol. The Labute approximate surface area is 127 Å². The van der Waals surface area contributed by atoms with E-state index in [-0.39, 0.29) is 12.7 Å². The number of aliphatic hydroxyl groups is 1. The highest BCUT2D eigenvalue weighted by atomic mass is 16.5. The molecule has 5 heteroatoms. The van der Waals surface area contributed by atoms with Gasteiger partial charge in [-0.05, 0) is 43.5 Å². The number of aliphatic hydroxyl groups excluding tert-OH is 1. The Kier molecular flexibility index (Phi) is 6.42. The predicted molar refractivity (Wildman–Crippen MR) is 84.6 cm³/mol. The first kappa shape index (κ1) is 16.2. The van der Waals surface area contributed by atoms with E-state index < -0.39 is 0 Å². The van der Waals surface area contributed by atoms with Crippen LogP contribution in [0.2, 0.25) is 0 Å². The van der Waals surface area contributed by atoms with Gasteiger partial charge in [0.25, 0.3) is 0 Å². The van der Waals surface area contributed by atoms with Crippen LogP contribution in [0.4, 0.5) is 5.82 Å². The van der Waals surface area contributed by atoms with Crippen LogP contribution in [0, 0.1) is 6.92 Å². The fourth-order valence-corrected chi connectivity index (χ4v) is 2.78. The summed E-state index contributed by atoms with van der Waals surface area (Å²) < 4.78 is 5.60. The van der Waals surface area contributed by atoms with Crippen molar-refractivity contribution in [1.29, 1.82) is 0 Å². The lowest BCUT2D eigenvalue weighted by Gasteiger charge is -2.33. The normalized spacial score (nSPS) is 16.4. The van der Waals surface area contributed by atoms with E-state index in [1.807, 2.05) is 6.20 Å². The molecular weight excluding hydrogens is 266 g/mol. The molecule has 0 atom stereocenters. The van der Waals surface area contributed by atoms with Crippen LogP contribution in [0.3, 0.4) is 0 Å². The summed E-state index contributed by atoms with van der Waals surface area (Å²) in [6, 6.07) is 2.22. The molecule has 1 aliphatic heterocycles. The molecule has 118 valence electrons. The zero-order chi connectivity index (χ0) is 15.1. The molecule has 0 aliphatic carbocycles. The summed E-state index contributed by atoms with van der Waals surface area (Å²) in [6.45, 7) is 8.58. The number of hydrogen-bond donors (Lipinski definition) is 2. The molecular formula is C16H27N3O2. The van der Waals surface area contributed by atoms with Crippen molar-refractivity contribution in [3.8, 4) is 0 Å². The largest absolute Gasteiger partial charge is 0.394 e. The predicted octanol–water partition coefficient (Wildman–Crippen LogP) is 1.48. The Morgan fingerprint density at radius 3 is 2.81 bits per heavy atom. The van der Waals surface area contributed by atoms with Crippen molar-refractivity contribution in [3.05, 3.63) is 23.4 Å². The molecule has 5 nitrogen and oxygen atoms in total. The molecule has 1 fully saturated rings. The molecule has 0 amide bonds. The molecule has 0 bridgehead atoms. The Hall–Kier alpha value is -1.17. The van der Waals surface area contributed by atoms with Gasteiger partial charge in [-0.15, -0.1) is 0 Å². The smallest absolute Gasteiger partial charge is 0.131 e. The Morgan fingerprint density at radius 1 is 1.43 bits per heavy atom. The molecule has 2 N–H and O–H groups in total. The molecule has 1 aliphatic rings. The van der Waals surface area contributed by atoms with Crippen LogP contribution in [-0.4, -0.2) is 49.0 Å². The minimum atomic E-state index is 0.105. The third kappa shape index (κ3) is 4.66. The van der Waals surface area contributed by atoms with Crippen LogP contribution in [0.5, 0.6) is 0 Å². The van der Waals surface area contributed by atoms with Gasteiger partial charge in [-0.2, -0.15) is 0 Å². The first-order valence-corrected chi connectivity index (χ1v) is 7.88. The average Bonchev–Trinajstić information content (AvgIpc) is 2.52. The summed E-state index contributed by atoms with van der Waals surface area (Å²) in [5, 5.41) is 12.1. The Morgan fingerprint density at radius 2 is 2.19 bits per heavy atom. The first-order valence-electron chi connectivity index (χ1n) is 7.88. The second-order valence-corrected chi connectivity index (χ2v) is 5.55. The number of nitrogens with zero attached hydrogens (tertiary/aromatic N) is 2. The summed E-state index contributed by atoms with van der Waals surface area (Å²) in [5.74, 6) is 1.09. The molecule has 1 aromatic heterocycles. The van der Waals surface area contributed by atoms with Crippen molar-refractivity contribution in [2.24, 2.45) is 0 Å². The lowest BCUT2D eigenvalue weighted by molar-refractivity contribution is 0.0158. The van der Waals surface area contributed by atoms with Crippen LogP contribution >= 0.6 is 0 Å². The zero-order valence-corrected chi connectivity index (χ0v) is 13.1. The maximum Gasteiger partial charge on any atom is 0.131 e. The van der Waals surface area contributed by atoms with Gasteiger partial charge in [-0.25, -0.2) is 4.98 Å². The molecule has 1 aromatic rings. The molecule has 0 radical (unpaired) electrons. The lowest BCUT2D eigenvalue weighted by Crippen LogP contribution is -2.38. The van der Waals surface area contributed by atoms with E-state index in [2.05, 4.69) is 35.1 Å². The van der Waals surface area contributed by atoms with Gasteiger partial charge in [0.15, 0.2) is 0 Å². The second kappa shape index (κ2) is 8.32. The van der Waals surface area contributed by atoms with Crippen molar-refractivity contribution >= 4 is 5.82 Å². The molecule has 0 unspecified atom stereocenters. The maximum absolute atomic E-state index is 8.80. The van der Waals surface area contributed by atoms with Gasteiger partial charge in [0, 0.05) is 25.8 Å². The van der Waals surface area contributed by atoms with Crippen LogP contribution < -0.4 is 10.2 Å². The SMILES string of the molecule is CCNCc1cnc(N2CCC(OCCO)CC2)c(C)c1. The van der Waals surface area contributed by atoms with Crippen molar-refractivity contribution in [1.82, 2.24) is 10.3 Å². The van der Waals surface area contributed by atoms with E-state index in [1.165, 1.54) is 11.1 Å². The number of nitrogens with one attached hydrogen (secondary N) is 1. The summed E-state index contributed by atoms with van der Waals surface area (Å²) in [4.78, 5) is 6.99. The highest BCUT2D eigenvalue weighted by molar-refractivity contribution is 5.47. The number of hydrogen-bond acceptors (Lipinski definition) is 5. The van der Waals surface area contributed by atoms with E-state index in [0.29, 0.717) is 6.61 Å². The number of ether oxygens (including phenoxy) is 1. The lowest BCUT2D eigenvalue weighted by atomic mass is 10.1. The fraction of sp³-hybridized carbons (Fsp3) is 0.688. The number of rotatable bonds is 7. The molecule has 2 rings (SSSR count). The van der Waals surface area contributed by atoms with Crippen molar-refractivity contribution < 1.29 is 9.84 Å². The number of anilines is 1. The fourth-order valence-electron chi connectivity index (χ4n) is 2.78. The van der Waals surface area contributed by atoms with Crippen molar-refractivity contribution in [2.45, 2.75) is 39.3 Å². The minimum absolute atomic E-state index is 0.105. The van der Waals surface area contributed by atoms with E-state index in [4.69, 9.17) is 9.84 Å². The van der Waals surface area contributed by atoms with Gasteiger partial charge in [-0.3, -0.25) is 0 Å². The molecule has 2 heterocycles. The number of piperidine rings is 1. The number of pyridine rings is 1. The van der Waals surface area contributed by atoms with Crippen LogP contribution in [0.15, 0.2) is 12.3 Å². The van der Waals surface area contributed by atoms with Crippen LogP contribution in [0.25, 0.3) is 0 Å². The molecule has 21 heavy (non-hydrogen) atoms. The minimum Gasteiger partial charge on any atom is -0.394 e. The summed E-state index contributed by atoms with van der Waals surface area (Å²) in [7, 11) is 0. The summed E-state index contributed by atoms with van der Waals surface area (Å²) in [6.07, 6.45) is 4.25. The van der Waals surface area contributed by atoms with E-state index in [9.17, 15) is 0 Å². The molecule has 0 saturated carbocycles. The summed E-state index contributed by atoms with van der Waals surface area (Å²) in [5.41, 5.74) is 2.47. The quantitative estimate of drug-likeness (QED) is 0.797. The van der Waals surface area contributed by atoms with Gasteiger partial charge in [0.05, 0.1) is 19.3 Å². The van der Waals surface area contributed by atoms with E-state index in [1.54, 1.807) is 0 Å². The van der Waals surface area contributed by atoms with Gasteiger partial charge < -0.3 is 20.1 Å². The molecule has 0 aromatic carbocycles. The monoisotopic (exact) mass is 293 g/mol. The van der Waals surface area contributed by atoms with Crippen molar-refractivity contribution in [2.75, 3.05) is 37.7 Å². The standard InChI is InChI=1S/C16H27N3O2/c1-3-17-11-14-10-13(2)16(18-12-14)19-6-4-15(5-7-19)21-9-8-20/h10,12,15,17,20H,3-9,11H2,1-2H3. The summed E-state index contributed by atoms with van der Waals surface area (Å²) >= 11 is 0. The van der Waals surface area contributed by atoms with E-state index >= 15 is 0 Å². The van der Waals surface area contributed by atoms with E-state index in [0.717, 1.165) is 44.8 Å². The highest BCUT2D eigenvalue weighted by Gasteiger charge is 2.21. The number of aromatic nitrogens is 1. The Balaban J connectivity index is 1.91. The first-order chi connectivity index (χ1) is 10.2. The zero-order valence-electron chi connectivity index (χ0n) is 13.1. The van der Waals surface area contributed by atoms with Crippen LogP contribution in [-0.2, 0) is 11.3 Å². The topological polar surface area (TPSA) is 57.6 Å². The third-order valence-electron chi connectivity index (χ3n) is 3.87. The second-order valence-electron chi connectivity index (χ2n) is 5.55. The van der Waals surface area contributed by atoms with Gasteiger partial charge in [0.2, 0.25) is 0 Å². The number of aryl methyl sites for hydroxylation is 1. The van der Waals surface area contributed by atoms with Gasteiger partial charge in [0.1, 0.15) is 5.82 Å². The maximum atomic E-state index is 8.80. The van der Waals surface area contributed by atoms with Gasteiger partial charge in [-0.1, -0.05) is 6.92 Å². The highest BCUT2D eigenvalue weighted by Crippen LogP contribution is 2.23. The van der Waals surface area contributed by atoms with Crippen LogP contribution in [0.1, 0.15) is 30.9 Å². The molecule has 0 spiro atoms. The Bertz CT molecular complexity index is 432. The molecule has 1 saturated heterocycles. The van der Waals surface area contributed by atoms with Gasteiger partial charge >= 0.3 is 0 Å².